The number of carbonyl (C=O) groups excluding carboxylic acids is 1. The van der Waals surface area contributed by atoms with Crippen molar-refractivity contribution in [1.29, 1.82) is 0 Å². The smallest absolute Gasteiger partial charge is 0.233 e. The standard InChI is InChI=1S/C10H10ClFO4S/c1-16-10-3-2-7(12)6-8(10)9(13)4-5-17(11,14)15/h2-3,6H,4-5H2,1H3. The van der Waals surface area contributed by atoms with E-state index in [0.29, 0.717) is 0 Å². The van der Waals surface area contributed by atoms with Crippen LogP contribution in [0.25, 0.3) is 0 Å². The number of ether oxygens (including phenoxy) is 1. The minimum absolute atomic E-state index is 0.00724. The molecule has 0 saturated heterocycles. The Morgan fingerprint density at radius 3 is 2.65 bits per heavy atom. The molecule has 1 aromatic rings. The second kappa shape index (κ2) is 5.46. The quantitative estimate of drug-likeness (QED) is 0.611. The number of benzene rings is 1. The highest BCUT2D eigenvalue weighted by Crippen LogP contribution is 2.21. The van der Waals surface area contributed by atoms with Crippen molar-refractivity contribution in [3.63, 3.8) is 0 Å². The van der Waals surface area contributed by atoms with Crippen LogP contribution in [0.5, 0.6) is 5.75 Å². The van der Waals surface area contributed by atoms with E-state index in [-0.39, 0.29) is 17.7 Å². The molecule has 17 heavy (non-hydrogen) atoms. The zero-order valence-electron chi connectivity index (χ0n) is 8.94. The van der Waals surface area contributed by atoms with Crippen molar-refractivity contribution in [3.8, 4) is 5.75 Å². The fourth-order valence-corrected chi connectivity index (χ4v) is 1.91. The zero-order chi connectivity index (χ0) is 13.1. The molecule has 0 spiro atoms. The number of methoxy groups -OCH3 is 1. The van der Waals surface area contributed by atoms with Crippen molar-refractivity contribution < 1.29 is 22.3 Å². The van der Waals surface area contributed by atoms with Crippen LogP contribution in [-0.4, -0.2) is 27.1 Å². The van der Waals surface area contributed by atoms with Gasteiger partial charge in [0, 0.05) is 17.1 Å². The van der Waals surface area contributed by atoms with Crippen molar-refractivity contribution in [2.45, 2.75) is 6.42 Å². The summed E-state index contributed by atoms with van der Waals surface area (Å²) in [5.41, 5.74) is 0.00724. The predicted molar refractivity (Wildman–Crippen MR) is 61.5 cm³/mol. The van der Waals surface area contributed by atoms with Gasteiger partial charge in [0.2, 0.25) is 9.05 Å². The fraction of sp³-hybridized carbons (Fsp3) is 0.300. The average Bonchev–Trinajstić information content (AvgIpc) is 2.25. The van der Waals surface area contributed by atoms with Gasteiger partial charge in [-0.05, 0) is 18.2 Å². The lowest BCUT2D eigenvalue weighted by atomic mass is 10.1. The Labute approximate surface area is 103 Å². The summed E-state index contributed by atoms with van der Waals surface area (Å²) in [6.07, 6.45) is -0.314. The molecule has 0 aliphatic rings. The van der Waals surface area contributed by atoms with Crippen LogP contribution < -0.4 is 4.74 Å². The maximum absolute atomic E-state index is 13.0. The van der Waals surface area contributed by atoms with Crippen LogP contribution in [0.4, 0.5) is 4.39 Å². The molecule has 0 bridgehead atoms. The first kappa shape index (κ1) is 13.9. The summed E-state index contributed by atoms with van der Waals surface area (Å²) in [4.78, 5) is 11.7. The van der Waals surface area contributed by atoms with E-state index in [1.54, 1.807) is 0 Å². The molecule has 0 aliphatic carbocycles. The third-order valence-corrected chi connectivity index (χ3v) is 3.19. The lowest BCUT2D eigenvalue weighted by molar-refractivity contribution is 0.0985. The zero-order valence-corrected chi connectivity index (χ0v) is 10.5. The Bertz CT molecular complexity index is 527. The third kappa shape index (κ3) is 4.32. The van der Waals surface area contributed by atoms with Gasteiger partial charge < -0.3 is 4.74 Å². The monoisotopic (exact) mass is 280 g/mol. The van der Waals surface area contributed by atoms with Crippen LogP contribution in [-0.2, 0) is 9.05 Å². The lowest BCUT2D eigenvalue weighted by Gasteiger charge is -2.06. The SMILES string of the molecule is COc1ccc(F)cc1C(=O)CCS(=O)(=O)Cl. The highest BCUT2D eigenvalue weighted by molar-refractivity contribution is 8.13. The van der Waals surface area contributed by atoms with Gasteiger partial charge in [-0.1, -0.05) is 0 Å². The second-order valence-corrected chi connectivity index (χ2v) is 6.16. The summed E-state index contributed by atoms with van der Waals surface area (Å²) in [6.45, 7) is 0. The molecular weight excluding hydrogens is 271 g/mol. The van der Waals surface area contributed by atoms with Gasteiger partial charge in [-0.3, -0.25) is 4.79 Å². The third-order valence-electron chi connectivity index (χ3n) is 2.03. The van der Waals surface area contributed by atoms with E-state index in [2.05, 4.69) is 0 Å². The first-order valence-corrected chi connectivity index (χ1v) is 7.10. The van der Waals surface area contributed by atoms with Crippen molar-refractivity contribution in [3.05, 3.63) is 29.6 Å². The van der Waals surface area contributed by atoms with Crippen LogP contribution in [0.2, 0.25) is 0 Å². The van der Waals surface area contributed by atoms with E-state index < -0.39 is 26.4 Å². The molecule has 0 amide bonds. The summed E-state index contributed by atoms with van der Waals surface area (Å²) in [7, 11) is 2.58. The van der Waals surface area contributed by atoms with Gasteiger partial charge >= 0.3 is 0 Å². The molecule has 0 fully saturated rings. The van der Waals surface area contributed by atoms with Crippen LogP contribution in [0.1, 0.15) is 16.8 Å². The number of halogens is 2. The first-order chi connectivity index (χ1) is 7.83. The van der Waals surface area contributed by atoms with Gasteiger partial charge in [-0.25, -0.2) is 12.8 Å². The summed E-state index contributed by atoms with van der Waals surface area (Å²) < 4.78 is 39.2. The Hall–Kier alpha value is -1.14. The molecule has 0 heterocycles. The maximum atomic E-state index is 13.0. The largest absolute Gasteiger partial charge is 0.496 e. The van der Waals surface area contributed by atoms with Crippen LogP contribution in [0.15, 0.2) is 18.2 Å². The Morgan fingerprint density at radius 2 is 2.12 bits per heavy atom. The summed E-state index contributed by atoms with van der Waals surface area (Å²) in [5, 5.41) is 0. The second-order valence-electron chi connectivity index (χ2n) is 3.26. The number of rotatable bonds is 5. The number of Topliss-reactive ketones (excluding diaryl/α,β-unsaturated/α-hetero) is 1. The van der Waals surface area contributed by atoms with E-state index >= 15 is 0 Å². The molecule has 1 aromatic carbocycles. The van der Waals surface area contributed by atoms with Crippen LogP contribution in [0.3, 0.4) is 0 Å². The van der Waals surface area contributed by atoms with Crippen LogP contribution in [0, 0.1) is 5.82 Å². The van der Waals surface area contributed by atoms with E-state index in [0.717, 1.165) is 12.1 Å². The predicted octanol–water partition coefficient (Wildman–Crippen LogP) is 1.98. The van der Waals surface area contributed by atoms with Gasteiger partial charge in [0.15, 0.2) is 5.78 Å². The molecule has 0 atom stereocenters. The van der Waals surface area contributed by atoms with E-state index in [1.807, 2.05) is 0 Å². The maximum Gasteiger partial charge on any atom is 0.233 e. The number of ketones is 1. The highest BCUT2D eigenvalue weighted by atomic mass is 35.7. The molecule has 0 radical (unpaired) electrons. The summed E-state index contributed by atoms with van der Waals surface area (Å²) in [6, 6.07) is 3.45. The minimum Gasteiger partial charge on any atom is -0.496 e. The van der Waals surface area contributed by atoms with Gasteiger partial charge in [0.05, 0.1) is 18.4 Å². The van der Waals surface area contributed by atoms with Crippen molar-refractivity contribution >= 4 is 25.5 Å². The van der Waals surface area contributed by atoms with E-state index in [9.17, 15) is 17.6 Å². The van der Waals surface area contributed by atoms with Gasteiger partial charge in [0.1, 0.15) is 11.6 Å². The normalized spacial score (nSPS) is 11.2. The summed E-state index contributed by atoms with van der Waals surface area (Å²) in [5.74, 6) is -1.43. The molecule has 7 heteroatoms. The van der Waals surface area contributed by atoms with Crippen LogP contribution >= 0.6 is 10.7 Å². The lowest BCUT2D eigenvalue weighted by Crippen LogP contribution is -2.08. The van der Waals surface area contributed by atoms with E-state index in [1.165, 1.54) is 13.2 Å². The van der Waals surface area contributed by atoms with Crippen molar-refractivity contribution in [2.75, 3.05) is 12.9 Å². The number of carbonyl (C=O) groups is 1. The topological polar surface area (TPSA) is 60.4 Å². The number of hydrogen-bond acceptors (Lipinski definition) is 4. The van der Waals surface area contributed by atoms with Gasteiger partial charge in [-0.15, -0.1) is 0 Å². The Morgan fingerprint density at radius 1 is 1.47 bits per heavy atom. The molecule has 0 aliphatic heterocycles. The molecular formula is C10H10ClFO4S. The molecule has 0 unspecified atom stereocenters. The number of hydrogen-bond donors (Lipinski definition) is 0. The molecule has 0 aromatic heterocycles. The Balaban J connectivity index is 2.92. The van der Waals surface area contributed by atoms with Gasteiger partial charge in [-0.2, -0.15) is 0 Å². The highest BCUT2D eigenvalue weighted by Gasteiger charge is 2.16. The van der Waals surface area contributed by atoms with Crippen molar-refractivity contribution in [1.82, 2.24) is 0 Å². The van der Waals surface area contributed by atoms with Crippen molar-refractivity contribution in [2.24, 2.45) is 0 Å². The Kier molecular flexibility index (Phi) is 4.47. The average molecular weight is 281 g/mol. The molecule has 0 saturated carbocycles. The minimum atomic E-state index is -3.74. The fourth-order valence-electron chi connectivity index (χ4n) is 1.25. The molecule has 1 rings (SSSR count). The molecule has 0 N–H and O–H groups in total. The summed E-state index contributed by atoms with van der Waals surface area (Å²) >= 11 is 0. The molecule has 94 valence electrons. The first-order valence-electron chi connectivity index (χ1n) is 4.62. The van der Waals surface area contributed by atoms with Gasteiger partial charge in [0.25, 0.3) is 0 Å². The molecule has 4 nitrogen and oxygen atoms in total. The van der Waals surface area contributed by atoms with E-state index in [4.69, 9.17) is 15.4 Å².